The Morgan fingerprint density at radius 3 is 2.44 bits per heavy atom. The van der Waals surface area contributed by atoms with E-state index >= 15 is 0 Å². The van der Waals surface area contributed by atoms with E-state index in [1.807, 2.05) is 18.2 Å². The van der Waals surface area contributed by atoms with E-state index in [4.69, 9.17) is 11.6 Å². The van der Waals surface area contributed by atoms with E-state index in [2.05, 4.69) is 20.3 Å². The van der Waals surface area contributed by atoms with Gasteiger partial charge >= 0.3 is 72.7 Å². The van der Waals surface area contributed by atoms with E-state index in [0.717, 1.165) is 5.02 Å². The molecule has 0 saturated carbocycles. The van der Waals surface area contributed by atoms with Gasteiger partial charge in [-0.05, 0) is 0 Å². The fourth-order valence-corrected chi connectivity index (χ4v) is 3.82. The molecule has 0 fully saturated rings. The maximum absolute atomic E-state index is 5.83. The van der Waals surface area contributed by atoms with Gasteiger partial charge in [-0.2, -0.15) is 0 Å². The van der Waals surface area contributed by atoms with E-state index in [0.29, 0.717) is 13.1 Å². The Morgan fingerprint density at radius 2 is 2.00 bits per heavy atom. The maximum atomic E-state index is 5.83. The molecule has 0 spiro atoms. The Kier molecular flexibility index (Phi) is 3.11. The Bertz CT molecular complexity index is 200. The van der Waals surface area contributed by atoms with E-state index in [9.17, 15) is 0 Å². The molecule has 0 aliphatic carbocycles. The molecule has 3 heteroatoms. The van der Waals surface area contributed by atoms with Gasteiger partial charge in [0.15, 0.2) is 0 Å². The van der Waals surface area contributed by atoms with Crippen molar-refractivity contribution in [2.24, 2.45) is 0 Å². The zero-order valence-corrected chi connectivity index (χ0v) is 8.89. The second-order valence-electron chi connectivity index (χ2n) is 1.52. The van der Waals surface area contributed by atoms with Crippen molar-refractivity contribution in [2.75, 3.05) is 0 Å². The molecule has 0 aliphatic rings. The van der Waals surface area contributed by atoms with Gasteiger partial charge in [-0.15, -0.1) is 0 Å². The fraction of sp³-hybridized carbons (Fsp3) is 0. The summed E-state index contributed by atoms with van der Waals surface area (Å²) in [7, 11) is 0. The van der Waals surface area contributed by atoms with Crippen LogP contribution in [0.15, 0.2) is 24.3 Å². The number of hydrogen-bond donors (Lipinski definition) is 0. The first-order valence-electron chi connectivity index (χ1n) is 2.40. The molecule has 0 amide bonds. The predicted molar refractivity (Wildman–Crippen MR) is 44.0 cm³/mol. The van der Waals surface area contributed by atoms with Crippen LogP contribution in [0.1, 0.15) is 0 Å². The molecular weight excluding hydrogens is 265 g/mol. The third-order valence-electron chi connectivity index (χ3n) is 0.935. The van der Waals surface area contributed by atoms with Crippen molar-refractivity contribution < 1.29 is 0 Å². The van der Waals surface area contributed by atoms with Gasteiger partial charge in [-0.25, -0.2) is 0 Å². The summed E-state index contributed by atoms with van der Waals surface area (Å²) in [4.78, 5) is 0. The van der Waals surface area contributed by atoms with E-state index in [-0.39, 0.29) is 0 Å². The number of benzene rings is 1. The molecule has 0 bridgehead atoms. The first-order chi connectivity index (χ1) is 4.34. The van der Waals surface area contributed by atoms with E-state index < -0.39 is 0 Å². The summed E-state index contributed by atoms with van der Waals surface area (Å²) in [5.41, 5.74) is 0. The summed E-state index contributed by atoms with van der Waals surface area (Å²) >= 11 is 8.86. The van der Waals surface area contributed by atoms with Crippen LogP contribution in [0.5, 0.6) is 0 Å². The second-order valence-corrected chi connectivity index (χ2v) is 5.23. The van der Waals surface area contributed by atoms with Gasteiger partial charge in [0.05, 0.1) is 0 Å². The van der Waals surface area contributed by atoms with Crippen LogP contribution in [0.2, 0.25) is 5.02 Å². The van der Waals surface area contributed by atoms with Crippen molar-refractivity contribution in [2.45, 2.75) is 0 Å². The van der Waals surface area contributed by atoms with Crippen molar-refractivity contribution >= 4 is 43.4 Å². The summed E-state index contributed by atoms with van der Waals surface area (Å²) in [6.07, 6.45) is 0. The van der Waals surface area contributed by atoms with Crippen molar-refractivity contribution in [3.8, 4) is 0 Å². The molecule has 9 heavy (non-hydrogen) atoms. The SMILES string of the molecule is Clc1ccccc1[Se][SeH]. The van der Waals surface area contributed by atoms with Gasteiger partial charge in [0.1, 0.15) is 0 Å². The average Bonchev–Trinajstić information content (AvgIpc) is 1.89. The van der Waals surface area contributed by atoms with Crippen LogP contribution < -0.4 is 4.46 Å². The molecule has 0 radical (unpaired) electrons. The first kappa shape index (κ1) is 7.65. The Morgan fingerprint density at radius 1 is 1.33 bits per heavy atom. The van der Waals surface area contributed by atoms with Crippen molar-refractivity contribution in [3.05, 3.63) is 29.3 Å². The molecule has 0 saturated heterocycles. The Labute approximate surface area is 72.5 Å². The number of halogens is 1. The molecule has 0 heterocycles. The van der Waals surface area contributed by atoms with Crippen LogP contribution in [-0.4, -0.2) is 27.3 Å². The van der Waals surface area contributed by atoms with Crippen molar-refractivity contribution in [1.82, 2.24) is 0 Å². The monoisotopic (exact) mass is 272 g/mol. The second kappa shape index (κ2) is 3.65. The van der Waals surface area contributed by atoms with Crippen LogP contribution in [-0.2, 0) is 0 Å². The standard InChI is InChI=1S/C6H5ClSe2/c7-5-3-1-2-4-6(5)9-8/h1-4,8H. The molecule has 0 aromatic heterocycles. The Balaban J connectivity index is 3.01. The molecule has 0 N–H and O–H groups in total. The fourth-order valence-electron chi connectivity index (χ4n) is 0.519. The van der Waals surface area contributed by atoms with Gasteiger partial charge in [0.25, 0.3) is 0 Å². The summed E-state index contributed by atoms with van der Waals surface area (Å²) in [6.45, 7) is 0. The normalized spacial score (nSPS) is 9.56. The summed E-state index contributed by atoms with van der Waals surface area (Å²) in [5.74, 6) is 0. The third kappa shape index (κ3) is 2.00. The van der Waals surface area contributed by atoms with Gasteiger partial charge < -0.3 is 0 Å². The van der Waals surface area contributed by atoms with E-state index in [1.54, 1.807) is 0 Å². The average molecular weight is 270 g/mol. The third-order valence-corrected chi connectivity index (χ3v) is 4.82. The van der Waals surface area contributed by atoms with Crippen molar-refractivity contribution in [3.63, 3.8) is 0 Å². The Hall–Kier alpha value is 0.549. The van der Waals surface area contributed by atoms with Gasteiger partial charge in [-0.1, -0.05) is 0 Å². The molecular formula is C6H5ClSe2. The molecule has 0 aliphatic heterocycles. The predicted octanol–water partition coefficient (Wildman–Crippen LogP) is 0.485. The number of rotatable bonds is 1. The van der Waals surface area contributed by atoms with Crippen LogP contribution in [0.4, 0.5) is 0 Å². The molecule has 48 valence electrons. The molecule has 1 aromatic rings. The number of hydrogen-bond acceptors (Lipinski definition) is 0. The minimum absolute atomic E-state index is 0.464. The molecule has 0 atom stereocenters. The van der Waals surface area contributed by atoms with Crippen LogP contribution in [0.3, 0.4) is 0 Å². The molecule has 1 rings (SSSR count). The molecule has 0 unspecified atom stereocenters. The molecule has 1 aromatic carbocycles. The van der Waals surface area contributed by atoms with E-state index in [1.165, 1.54) is 4.46 Å². The summed E-state index contributed by atoms with van der Waals surface area (Å²) < 4.78 is 1.26. The summed E-state index contributed by atoms with van der Waals surface area (Å²) in [5, 5.41) is 0.887. The minimum atomic E-state index is 0.464. The zero-order chi connectivity index (χ0) is 6.69. The van der Waals surface area contributed by atoms with Gasteiger partial charge in [0.2, 0.25) is 0 Å². The van der Waals surface area contributed by atoms with Crippen LogP contribution in [0, 0.1) is 0 Å². The van der Waals surface area contributed by atoms with Crippen LogP contribution >= 0.6 is 11.6 Å². The zero-order valence-electron chi connectivity index (χ0n) is 4.54. The van der Waals surface area contributed by atoms with Crippen LogP contribution in [0.25, 0.3) is 0 Å². The van der Waals surface area contributed by atoms with Gasteiger partial charge in [0, 0.05) is 0 Å². The quantitative estimate of drug-likeness (QED) is 0.652. The first-order valence-corrected chi connectivity index (χ1v) is 8.38. The van der Waals surface area contributed by atoms with Gasteiger partial charge in [-0.3, -0.25) is 0 Å². The van der Waals surface area contributed by atoms with Crippen molar-refractivity contribution in [1.29, 1.82) is 0 Å². The topological polar surface area (TPSA) is 0 Å². The molecule has 0 nitrogen and oxygen atoms in total. The summed E-state index contributed by atoms with van der Waals surface area (Å²) in [6, 6.07) is 7.94.